The van der Waals surface area contributed by atoms with Crippen molar-refractivity contribution >= 4 is 34.4 Å². The third-order valence-corrected chi connectivity index (χ3v) is 4.81. The molecular weight excluding hydrogens is 391 g/mol. The Morgan fingerprint density at radius 1 is 1.10 bits per heavy atom. The van der Waals surface area contributed by atoms with Gasteiger partial charge in [0.2, 0.25) is 16.9 Å². The number of nitrogens with zero attached hydrogens (tertiary/aromatic N) is 2. The molecule has 0 aliphatic rings. The van der Waals surface area contributed by atoms with Gasteiger partial charge in [-0.15, -0.1) is 10.2 Å². The first-order valence-corrected chi connectivity index (χ1v) is 9.73. The third-order valence-electron chi connectivity index (χ3n) is 3.98. The van der Waals surface area contributed by atoms with Crippen LogP contribution in [0.1, 0.15) is 23.1 Å². The Hall–Kier alpha value is -3.39. The molecule has 8 heteroatoms. The minimum Gasteiger partial charge on any atom is -0.341 e. The standard InChI is InChI=1S/C21H19FN4O2S/c1-14(23-18(27)12-11-15-7-3-2-4-8-15)20(28)24-21-26-25-19(29-21)13-16-9-5-6-10-17(16)22/h2-12,14H,13H2,1H3,(H,23,27)(H,24,26,28)/b12-11+. The van der Waals surface area contributed by atoms with E-state index in [4.69, 9.17) is 0 Å². The molecule has 6 nitrogen and oxygen atoms in total. The van der Waals surface area contributed by atoms with E-state index in [9.17, 15) is 14.0 Å². The first-order valence-electron chi connectivity index (χ1n) is 8.91. The van der Waals surface area contributed by atoms with Crippen LogP contribution < -0.4 is 10.6 Å². The van der Waals surface area contributed by atoms with Crippen molar-refractivity contribution in [3.05, 3.63) is 82.6 Å². The number of amides is 2. The minimum atomic E-state index is -0.762. The molecule has 1 atom stereocenters. The van der Waals surface area contributed by atoms with Crippen molar-refractivity contribution in [2.75, 3.05) is 5.32 Å². The van der Waals surface area contributed by atoms with Crippen molar-refractivity contribution in [1.82, 2.24) is 15.5 Å². The van der Waals surface area contributed by atoms with Crippen LogP contribution in [0.2, 0.25) is 0 Å². The summed E-state index contributed by atoms with van der Waals surface area (Å²) in [7, 11) is 0. The van der Waals surface area contributed by atoms with Crippen LogP contribution in [0.3, 0.4) is 0 Å². The SMILES string of the molecule is CC(NC(=O)/C=C/c1ccccc1)C(=O)Nc1nnc(Cc2ccccc2F)s1. The molecule has 0 spiro atoms. The smallest absolute Gasteiger partial charge is 0.248 e. The largest absolute Gasteiger partial charge is 0.341 e. The van der Waals surface area contributed by atoms with Crippen LogP contribution in [0.15, 0.2) is 60.7 Å². The average Bonchev–Trinajstić information content (AvgIpc) is 3.15. The van der Waals surface area contributed by atoms with Crippen molar-refractivity contribution < 1.29 is 14.0 Å². The summed E-state index contributed by atoms with van der Waals surface area (Å²) >= 11 is 1.16. The fourth-order valence-corrected chi connectivity index (χ4v) is 3.22. The molecule has 3 aromatic rings. The molecule has 0 aliphatic heterocycles. The topological polar surface area (TPSA) is 84.0 Å². The molecule has 0 saturated heterocycles. The van der Waals surface area contributed by atoms with E-state index in [1.165, 1.54) is 12.1 Å². The van der Waals surface area contributed by atoms with Crippen LogP contribution in [0.4, 0.5) is 9.52 Å². The number of hydrogen-bond acceptors (Lipinski definition) is 5. The van der Waals surface area contributed by atoms with E-state index < -0.39 is 11.9 Å². The number of benzene rings is 2. The van der Waals surface area contributed by atoms with Gasteiger partial charge in [0, 0.05) is 12.5 Å². The number of halogens is 1. The van der Waals surface area contributed by atoms with E-state index in [-0.39, 0.29) is 18.1 Å². The predicted molar refractivity (Wildman–Crippen MR) is 111 cm³/mol. The number of anilines is 1. The van der Waals surface area contributed by atoms with Gasteiger partial charge in [-0.1, -0.05) is 59.9 Å². The van der Waals surface area contributed by atoms with Crippen molar-refractivity contribution in [3.63, 3.8) is 0 Å². The second-order valence-electron chi connectivity index (χ2n) is 6.23. The highest BCUT2D eigenvalue weighted by Gasteiger charge is 2.17. The first-order chi connectivity index (χ1) is 14.0. The highest BCUT2D eigenvalue weighted by molar-refractivity contribution is 7.15. The van der Waals surface area contributed by atoms with E-state index in [0.717, 1.165) is 16.9 Å². The van der Waals surface area contributed by atoms with Gasteiger partial charge in [-0.25, -0.2) is 4.39 Å². The van der Waals surface area contributed by atoms with Crippen LogP contribution in [0.25, 0.3) is 6.08 Å². The average molecular weight is 410 g/mol. The van der Waals surface area contributed by atoms with Gasteiger partial charge in [0.1, 0.15) is 16.9 Å². The third kappa shape index (κ3) is 6.05. The molecule has 1 heterocycles. The van der Waals surface area contributed by atoms with Crippen LogP contribution >= 0.6 is 11.3 Å². The quantitative estimate of drug-likeness (QED) is 0.585. The van der Waals surface area contributed by atoms with E-state index in [2.05, 4.69) is 20.8 Å². The second-order valence-corrected chi connectivity index (χ2v) is 7.29. The number of rotatable bonds is 7. The van der Waals surface area contributed by atoms with Gasteiger partial charge in [0.25, 0.3) is 0 Å². The summed E-state index contributed by atoms with van der Waals surface area (Å²) in [5.74, 6) is -1.11. The molecule has 0 saturated carbocycles. The van der Waals surface area contributed by atoms with Gasteiger partial charge < -0.3 is 5.32 Å². The predicted octanol–water partition coefficient (Wildman–Crippen LogP) is 3.42. The van der Waals surface area contributed by atoms with Gasteiger partial charge >= 0.3 is 0 Å². The maximum absolute atomic E-state index is 13.7. The summed E-state index contributed by atoms with van der Waals surface area (Å²) in [6.45, 7) is 1.57. The summed E-state index contributed by atoms with van der Waals surface area (Å²) in [5.41, 5.74) is 1.39. The molecule has 2 N–H and O–H groups in total. The molecule has 3 rings (SSSR count). The Morgan fingerprint density at radius 2 is 1.83 bits per heavy atom. The Kier molecular flexibility index (Phi) is 6.80. The number of aromatic nitrogens is 2. The van der Waals surface area contributed by atoms with Crippen LogP contribution in [-0.2, 0) is 16.0 Å². The zero-order valence-electron chi connectivity index (χ0n) is 15.6. The molecular formula is C21H19FN4O2S. The molecule has 148 valence electrons. The summed E-state index contributed by atoms with van der Waals surface area (Å²) < 4.78 is 13.7. The lowest BCUT2D eigenvalue weighted by molar-refractivity contribution is -0.123. The Bertz CT molecular complexity index is 1020. The molecule has 1 unspecified atom stereocenters. The van der Waals surface area contributed by atoms with Crippen molar-refractivity contribution in [2.24, 2.45) is 0 Å². The van der Waals surface area contributed by atoms with Gasteiger partial charge in [0.05, 0.1) is 0 Å². The molecule has 2 amide bonds. The van der Waals surface area contributed by atoms with Crippen LogP contribution in [0.5, 0.6) is 0 Å². The highest BCUT2D eigenvalue weighted by Crippen LogP contribution is 2.20. The number of nitrogens with one attached hydrogen (secondary N) is 2. The molecule has 29 heavy (non-hydrogen) atoms. The minimum absolute atomic E-state index is 0.288. The lowest BCUT2D eigenvalue weighted by Crippen LogP contribution is -2.40. The Morgan fingerprint density at radius 3 is 2.59 bits per heavy atom. The van der Waals surface area contributed by atoms with Gasteiger partial charge in [-0.2, -0.15) is 0 Å². The fourth-order valence-electron chi connectivity index (χ4n) is 2.46. The summed E-state index contributed by atoms with van der Waals surface area (Å²) in [6, 6.07) is 15.0. The molecule has 0 bridgehead atoms. The van der Waals surface area contributed by atoms with Crippen molar-refractivity contribution in [3.8, 4) is 0 Å². The second kappa shape index (κ2) is 9.70. The first kappa shape index (κ1) is 20.3. The monoisotopic (exact) mass is 410 g/mol. The van der Waals surface area contributed by atoms with Crippen LogP contribution in [0, 0.1) is 5.82 Å². The van der Waals surface area contributed by atoms with E-state index in [0.29, 0.717) is 15.7 Å². The summed E-state index contributed by atoms with van der Waals surface area (Å²) in [5, 5.41) is 14.0. The lowest BCUT2D eigenvalue weighted by atomic mass is 10.1. The Labute approximate surface area is 171 Å². The molecule has 2 aromatic carbocycles. The molecule has 0 fully saturated rings. The molecule has 0 aliphatic carbocycles. The zero-order valence-corrected chi connectivity index (χ0v) is 16.4. The summed E-state index contributed by atoms with van der Waals surface area (Å²) in [6.07, 6.45) is 3.33. The van der Waals surface area contributed by atoms with Gasteiger partial charge in [-0.3, -0.25) is 14.9 Å². The van der Waals surface area contributed by atoms with E-state index in [1.54, 1.807) is 31.2 Å². The highest BCUT2D eigenvalue weighted by atomic mass is 32.1. The maximum Gasteiger partial charge on any atom is 0.248 e. The van der Waals surface area contributed by atoms with Crippen molar-refractivity contribution in [2.45, 2.75) is 19.4 Å². The Balaban J connectivity index is 1.52. The van der Waals surface area contributed by atoms with Gasteiger partial charge in [-0.05, 0) is 30.2 Å². The molecule has 0 radical (unpaired) electrons. The molecule has 1 aromatic heterocycles. The normalized spacial score (nSPS) is 11.9. The lowest BCUT2D eigenvalue weighted by Gasteiger charge is -2.11. The van der Waals surface area contributed by atoms with Crippen LogP contribution in [-0.4, -0.2) is 28.1 Å². The van der Waals surface area contributed by atoms with E-state index >= 15 is 0 Å². The van der Waals surface area contributed by atoms with Gasteiger partial charge in [0.15, 0.2) is 0 Å². The zero-order chi connectivity index (χ0) is 20.6. The summed E-state index contributed by atoms with van der Waals surface area (Å²) in [4.78, 5) is 24.3. The number of carbonyl (C=O) groups is 2. The fraction of sp³-hybridized carbons (Fsp3) is 0.143. The van der Waals surface area contributed by atoms with E-state index in [1.807, 2.05) is 30.3 Å². The number of hydrogen-bond donors (Lipinski definition) is 2. The van der Waals surface area contributed by atoms with Crippen molar-refractivity contribution in [1.29, 1.82) is 0 Å². The number of carbonyl (C=O) groups excluding carboxylic acids is 2. The maximum atomic E-state index is 13.7.